The number of amides is 3. The van der Waals surface area contributed by atoms with Crippen LogP contribution >= 0.6 is 59.7 Å². The van der Waals surface area contributed by atoms with E-state index >= 15 is 0 Å². The number of carbonyl (C=O) groups is 3. The Kier molecular flexibility index (Phi) is 22.4. The Hall–Kier alpha value is -7.36. The molecule has 0 spiro atoms. The van der Waals surface area contributed by atoms with Crippen molar-refractivity contribution in [3.63, 3.8) is 0 Å². The van der Waals surface area contributed by atoms with Gasteiger partial charge in [-0.1, -0.05) is 89.9 Å². The van der Waals surface area contributed by atoms with E-state index in [1.165, 1.54) is 47.5 Å². The average Bonchev–Trinajstić information content (AvgIpc) is 4.26. The van der Waals surface area contributed by atoms with E-state index in [1.807, 2.05) is 162 Å². The maximum absolute atomic E-state index is 12.5. The van der Waals surface area contributed by atoms with E-state index in [0.717, 1.165) is 44.5 Å². The van der Waals surface area contributed by atoms with Crippen molar-refractivity contribution in [1.29, 1.82) is 0 Å². The molecule has 0 aliphatic heterocycles. The first-order valence-corrected chi connectivity index (χ1v) is 31.2. The molecule has 1 unspecified atom stereocenters. The number of rotatable bonds is 20. The summed E-state index contributed by atoms with van der Waals surface area (Å²) < 4.78 is 29.0. The van der Waals surface area contributed by atoms with Crippen molar-refractivity contribution in [1.82, 2.24) is 59.2 Å². The summed E-state index contributed by atoms with van der Waals surface area (Å²) in [7, 11) is -3.32. The Morgan fingerprint density at radius 2 is 0.950 bits per heavy atom. The molecule has 1 atom stereocenters. The molecule has 3 amide bonds. The van der Waals surface area contributed by atoms with Gasteiger partial charge >= 0.3 is 0 Å². The number of thioether (sulfide) groups is 4. The van der Waals surface area contributed by atoms with Gasteiger partial charge in [0, 0.05) is 71.3 Å². The molecule has 414 valence electrons. The maximum atomic E-state index is 12.5. The molecule has 0 aliphatic rings. The Morgan fingerprint density at radius 1 is 0.537 bits per heavy atom. The van der Waals surface area contributed by atoms with Gasteiger partial charge < -0.3 is 29.7 Å². The quantitative estimate of drug-likeness (QED) is 0.0409. The average molecular weight is 1190 g/mol. The van der Waals surface area contributed by atoms with Gasteiger partial charge in [-0.05, 0) is 107 Å². The fraction of sp³-hybridized carbons (Fsp3) is 0.222. The first kappa shape index (κ1) is 60.3. The van der Waals surface area contributed by atoms with Crippen LogP contribution in [-0.2, 0) is 43.9 Å². The lowest BCUT2D eigenvalue weighted by atomic mass is 10.3. The van der Waals surface area contributed by atoms with Gasteiger partial charge in [0.05, 0.1) is 21.7 Å². The molecular weight excluding hydrogens is 1130 g/mol. The molecule has 3 aromatic carbocycles. The number of sulfone groups is 1. The summed E-state index contributed by atoms with van der Waals surface area (Å²) in [6, 6.07) is 38.8. The lowest BCUT2D eigenvalue weighted by Crippen LogP contribution is -2.22. The summed E-state index contributed by atoms with van der Waals surface area (Å²) in [6.07, 6.45) is 7.96. The topological polar surface area (TPSA) is 252 Å². The summed E-state index contributed by atoms with van der Waals surface area (Å²) in [6.45, 7) is 9.75. The molecule has 9 rings (SSSR count). The van der Waals surface area contributed by atoms with Gasteiger partial charge in [-0.2, -0.15) is 0 Å². The molecule has 3 N–H and O–H groups in total. The maximum Gasteiger partial charge on any atom is 0.237 e. The van der Waals surface area contributed by atoms with Gasteiger partial charge in [-0.3, -0.25) is 29.3 Å². The minimum atomic E-state index is -3.32. The molecule has 0 radical (unpaired) electrons. The van der Waals surface area contributed by atoms with Crippen LogP contribution in [0, 0.1) is 0 Å². The van der Waals surface area contributed by atoms with Crippen LogP contribution in [0.1, 0.15) is 27.7 Å². The van der Waals surface area contributed by atoms with E-state index in [9.17, 15) is 22.8 Å². The van der Waals surface area contributed by atoms with Crippen LogP contribution in [0.4, 0.5) is 17.1 Å². The number of nitrogens with zero attached hydrogens (tertiary/aromatic N) is 12. The minimum absolute atomic E-state index is 0.0733. The molecule has 0 fully saturated rings. The van der Waals surface area contributed by atoms with Crippen molar-refractivity contribution in [2.45, 2.75) is 82.7 Å². The predicted molar refractivity (Wildman–Crippen MR) is 321 cm³/mol. The number of aromatic nitrogens is 12. The molecule has 6 aromatic heterocycles. The number of hydrogen-bond donors (Lipinski definition) is 4. The summed E-state index contributed by atoms with van der Waals surface area (Å²) >= 11 is 9.91. The fourth-order valence-electron chi connectivity index (χ4n) is 7.15. The van der Waals surface area contributed by atoms with Gasteiger partial charge in [-0.25, -0.2) is 8.42 Å². The molecule has 0 saturated heterocycles. The molecule has 80 heavy (non-hydrogen) atoms. The van der Waals surface area contributed by atoms with Crippen LogP contribution in [0.25, 0.3) is 34.6 Å². The highest BCUT2D eigenvalue weighted by Gasteiger charge is 2.22. The monoisotopic (exact) mass is 1190 g/mol. The third kappa shape index (κ3) is 17.1. The van der Waals surface area contributed by atoms with Crippen molar-refractivity contribution >= 4 is 104 Å². The van der Waals surface area contributed by atoms with Crippen LogP contribution < -0.4 is 16.0 Å². The number of thiol groups is 1. The number of hydrogen-bond acceptors (Lipinski definition) is 19. The number of carbonyl (C=O) groups excluding carboxylic acids is 3. The minimum Gasteiger partial charge on any atom is -0.325 e. The van der Waals surface area contributed by atoms with Gasteiger partial charge in [-0.15, -0.1) is 55.0 Å². The lowest BCUT2D eigenvalue weighted by Gasteiger charge is -2.12. The highest BCUT2D eigenvalue weighted by Crippen LogP contribution is 2.29. The van der Waals surface area contributed by atoms with Gasteiger partial charge in [0.2, 0.25) is 17.7 Å². The van der Waals surface area contributed by atoms with Crippen molar-refractivity contribution in [2.24, 2.45) is 0 Å². The number of pyridine rings is 3. The Balaban J connectivity index is 0.000000174. The molecule has 9 aromatic rings. The van der Waals surface area contributed by atoms with Crippen molar-refractivity contribution < 1.29 is 22.8 Å². The van der Waals surface area contributed by atoms with Crippen LogP contribution in [0.5, 0.6) is 0 Å². The van der Waals surface area contributed by atoms with E-state index < -0.39 is 15.1 Å². The van der Waals surface area contributed by atoms with Crippen LogP contribution in [0.15, 0.2) is 176 Å². The first-order valence-electron chi connectivity index (χ1n) is 24.8. The Bertz CT molecular complexity index is 3560. The lowest BCUT2D eigenvalue weighted by molar-refractivity contribution is -0.115. The molecule has 0 aliphatic carbocycles. The van der Waals surface area contributed by atoms with Gasteiger partial charge in [0.1, 0.15) is 17.1 Å². The largest absolute Gasteiger partial charge is 0.325 e. The Labute approximate surface area is 486 Å². The van der Waals surface area contributed by atoms with E-state index in [2.05, 4.69) is 74.1 Å². The highest BCUT2D eigenvalue weighted by atomic mass is 32.2. The third-order valence-electron chi connectivity index (χ3n) is 11.1. The summed E-state index contributed by atoms with van der Waals surface area (Å²) in [5.74, 6) is 2.15. The number of para-hydroxylation sites is 3. The standard InChI is InChI=1S/C19H21N5O3S2.C18H19N5OS2.C17H17N5OS2/c1-4-24-17(16-11-10-15(12-20-16)29(3,26)27)22-23-19(24)28-13(2)18(25)21-14-8-6-5-7-9-14;1-3-23-17(15-10-9-14(25-2)11-19-15)21-22-18(23)26-12-16(24)20-13-7-5-4-6-8-13;1-2-22-16(14-9-8-13(24)10-18-14)20-21-17(22)25-11-15(23)19-12-6-4-3-5-7-12/h5-13H,4H2,1-3H3,(H,21,25);4-11H,3,12H2,1-2H3,(H,20,24);3-10,24H,2,11H2,1H3,(H,19,23). The molecular formula is C54H57N15O5S6. The van der Waals surface area contributed by atoms with E-state index in [4.69, 9.17) is 0 Å². The zero-order chi connectivity index (χ0) is 57.0. The normalized spacial score (nSPS) is 11.3. The van der Waals surface area contributed by atoms with Crippen LogP contribution in [-0.4, -0.2) is 115 Å². The second kappa shape index (κ2) is 29.7. The second-order valence-corrected chi connectivity index (χ2v) is 23.4. The number of nitrogens with one attached hydrogen (secondary N) is 3. The predicted octanol–water partition coefficient (Wildman–Crippen LogP) is 10.1. The molecule has 26 heteroatoms. The molecule has 0 bridgehead atoms. The number of benzene rings is 3. The highest BCUT2D eigenvalue weighted by molar-refractivity contribution is 8.00. The first-order chi connectivity index (χ1) is 38.7. The third-order valence-corrected chi connectivity index (χ3v) is 16.2. The van der Waals surface area contributed by atoms with Gasteiger partial charge in [0.25, 0.3) is 0 Å². The van der Waals surface area contributed by atoms with Crippen molar-refractivity contribution in [3.05, 3.63) is 146 Å². The van der Waals surface area contributed by atoms with Crippen molar-refractivity contribution in [2.75, 3.05) is 40.0 Å². The SMILES string of the molecule is CCn1c(SC(C)C(=O)Nc2ccccc2)nnc1-c1ccc(S(C)(=O)=O)cn1.CCn1c(SCC(=O)Nc2ccccc2)nnc1-c1ccc(S)cn1.CCn1c(SCC(=O)Nc2ccccc2)nnc1-c1ccc(SC)cn1. The van der Waals surface area contributed by atoms with Crippen molar-refractivity contribution in [3.8, 4) is 34.6 Å². The van der Waals surface area contributed by atoms with E-state index in [-0.39, 0.29) is 34.1 Å². The summed E-state index contributed by atoms with van der Waals surface area (Å²) in [5, 5.41) is 35.5. The van der Waals surface area contributed by atoms with Gasteiger partial charge in [0.15, 0.2) is 42.8 Å². The van der Waals surface area contributed by atoms with Crippen LogP contribution in [0.3, 0.4) is 0 Å². The molecule has 20 nitrogen and oxygen atoms in total. The number of anilines is 3. The van der Waals surface area contributed by atoms with E-state index in [1.54, 1.807) is 30.9 Å². The van der Waals surface area contributed by atoms with Crippen LogP contribution in [0.2, 0.25) is 0 Å². The summed E-state index contributed by atoms with van der Waals surface area (Å²) in [5.41, 5.74) is 4.32. The smallest absolute Gasteiger partial charge is 0.237 e. The zero-order valence-electron chi connectivity index (χ0n) is 44.4. The Morgan fingerprint density at radius 3 is 1.34 bits per heavy atom. The summed E-state index contributed by atoms with van der Waals surface area (Å²) in [4.78, 5) is 51.7. The zero-order valence-corrected chi connectivity index (χ0v) is 49.3. The molecule has 6 heterocycles. The fourth-order valence-corrected chi connectivity index (χ4v) is 10.7. The molecule has 0 saturated carbocycles. The van der Waals surface area contributed by atoms with E-state index in [0.29, 0.717) is 58.3 Å². The second-order valence-electron chi connectivity index (χ2n) is 16.8.